The highest BCUT2D eigenvalue weighted by Gasteiger charge is 2.27. The van der Waals surface area contributed by atoms with Gasteiger partial charge in [0.2, 0.25) is 10.0 Å². The monoisotopic (exact) mass is 350 g/mol. The Morgan fingerprint density at radius 1 is 1.32 bits per heavy atom. The van der Waals surface area contributed by atoms with E-state index in [9.17, 15) is 12.8 Å². The SMILES string of the molecule is Cc1ccc(S(=O)(=O)NC(CN)C2CCCCC2)cc1F.Cl. The van der Waals surface area contributed by atoms with Crippen LogP contribution in [-0.4, -0.2) is 21.0 Å². The minimum Gasteiger partial charge on any atom is -0.329 e. The van der Waals surface area contributed by atoms with E-state index in [4.69, 9.17) is 5.73 Å². The summed E-state index contributed by atoms with van der Waals surface area (Å²) in [5, 5.41) is 0. The topological polar surface area (TPSA) is 72.2 Å². The predicted octanol–water partition coefficient (Wildman–Crippen LogP) is 2.74. The van der Waals surface area contributed by atoms with Crippen LogP contribution in [0.2, 0.25) is 0 Å². The van der Waals surface area contributed by atoms with E-state index in [2.05, 4.69) is 4.72 Å². The van der Waals surface area contributed by atoms with Crippen molar-refractivity contribution in [2.45, 2.75) is 50.0 Å². The Morgan fingerprint density at radius 3 is 2.50 bits per heavy atom. The summed E-state index contributed by atoms with van der Waals surface area (Å²) in [5.41, 5.74) is 6.17. The number of hydrogen-bond donors (Lipinski definition) is 2. The van der Waals surface area contributed by atoms with Crippen LogP contribution in [0.3, 0.4) is 0 Å². The minimum atomic E-state index is -3.73. The van der Waals surface area contributed by atoms with E-state index in [1.807, 2.05) is 0 Å². The van der Waals surface area contributed by atoms with Crippen molar-refractivity contribution in [3.8, 4) is 0 Å². The smallest absolute Gasteiger partial charge is 0.240 e. The van der Waals surface area contributed by atoms with E-state index in [1.165, 1.54) is 18.6 Å². The van der Waals surface area contributed by atoms with Crippen molar-refractivity contribution in [1.29, 1.82) is 0 Å². The van der Waals surface area contributed by atoms with Gasteiger partial charge in [-0.1, -0.05) is 25.3 Å². The van der Waals surface area contributed by atoms with Crippen molar-refractivity contribution in [3.63, 3.8) is 0 Å². The molecule has 0 saturated heterocycles. The molecule has 1 atom stereocenters. The molecule has 2 rings (SSSR count). The molecule has 0 aliphatic heterocycles. The molecule has 126 valence electrons. The van der Waals surface area contributed by atoms with Gasteiger partial charge in [-0.15, -0.1) is 12.4 Å². The molecular formula is C15H24ClFN2O2S. The molecule has 0 spiro atoms. The number of hydrogen-bond acceptors (Lipinski definition) is 3. The molecular weight excluding hydrogens is 327 g/mol. The summed E-state index contributed by atoms with van der Waals surface area (Å²) < 4.78 is 41.0. The van der Waals surface area contributed by atoms with E-state index in [0.717, 1.165) is 31.7 Å². The summed E-state index contributed by atoms with van der Waals surface area (Å²) in [6.07, 6.45) is 5.41. The van der Waals surface area contributed by atoms with Crippen LogP contribution in [0.1, 0.15) is 37.7 Å². The van der Waals surface area contributed by atoms with Crippen LogP contribution in [0, 0.1) is 18.7 Å². The molecule has 1 aromatic rings. The highest BCUT2D eigenvalue weighted by atomic mass is 35.5. The van der Waals surface area contributed by atoms with Gasteiger partial charge in [-0.05, 0) is 43.4 Å². The van der Waals surface area contributed by atoms with Crippen LogP contribution < -0.4 is 10.5 Å². The van der Waals surface area contributed by atoms with Crippen LogP contribution in [0.4, 0.5) is 4.39 Å². The molecule has 1 unspecified atom stereocenters. The lowest BCUT2D eigenvalue weighted by molar-refractivity contribution is 0.294. The second-order valence-electron chi connectivity index (χ2n) is 5.77. The first-order chi connectivity index (χ1) is 9.94. The minimum absolute atomic E-state index is 0. The zero-order valence-corrected chi connectivity index (χ0v) is 14.4. The Labute approximate surface area is 138 Å². The zero-order valence-electron chi connectivity index (χ0n) is 12.7. The fraction of sp³-hybridized carbons (Fsp3) is 0.600. The van der Waals surface area contributed by atoms with E-state index in [0.29, 0.717) is 5.56 Å². The molecule has 4 nitrogen and oxygen atoms in total. The molecule has 3 N–H and O–H groups in total. The first kappa shape index (κ1) is 19.4. The number of aryl methyl sites for hydroxylation is 1. The van der Waals surface area contributed by atoms with E-state index in [-0.39, 0.29) is 35.8 Å². The number of sulfonamides is 1. The third-order valence-corrected chi connectivity index (χ3v) is 5.72. The first-order valence-electron chi connectivity index (χ1n) is 7.42. The second-order valence-corrected chi connectivity index (χ2v) is 7.49. The van der Waals surface area contributed by atoms with Gasteiger partial charge in [0.05, 0.1) is 4.90 Å². The normalized spacial score (nSPS) is 17.8. The maximum atomic E-state index is 13.6. The van der Waals surface area contributed by atoms with Gasteiger partial charge in [0.1, 0.15) is 5.82 Å². The fourth-order valence-corrected chi connectivity index (χ4v) is 4.21. The van der Waals surface area contributed by atoms with Crippen molar-refractivity contribution in [2.24, 2.45) is 11.7 Å². The van der Waals surface area contributed by atoms with Gasteiger partial charge in [-0.3, -0.25) is 0 Å². The molecule has 0 aromatic heterocycles. The highest BCUT2D eigenvalue weighted by molar-refractivity contribution is 7.89. The van der Waals surface area contributed by atoms with Crippen LogP contribution in [0.5, 0.6) is 0 Å². The lowest BCUT2D eigenvalue weighted by Crippen LogP contribution is -2.45. The van der Waals surface area contributed by atoms with Crippen molar-refractivity contribution >= 4 is 22.4 Å². The van der Waals surface area contributed by atoms with Gasteiger partial charge in [-0.25, -0.2) is 17.5 Å². The maximum Gasteiger partial charge on any atom is 0.240 e. The largest absolute Gasteiger partial charge is 0.329 e. The van der Waals surface area contributed by atoms with Gasteiger partial charge in [0, 0.05) is 12.6 Å². The molecule has 0 bridgehead atoms. The summed E-state index contributed by atoms with van der Waals surface area (Å²) in [4.78, 5) is -0.0418. The molecule has 0 radical (unpaired) electrons. The van der Waals surface area contributed by atoms with Crippen LogP contribution in [0.25, 0.3) is 0 Å². The Bertz CT molecular complexity index is 589. The summed E-state index contributed by atoms with van der Waals surface area (Å²) in [7, 11) is -3.73. The third kappa shape index (κ3) is 4.65. The maximum absolute atomic E-state index is 13.6. The van der Waals surface area contributed by atoms with Crippen molar-refractivity contribution in [1.82, 2.24) is 4.72 Å². The molecule has 1 fully saturated rings. The number of benzene rings is 1. The Kier molecular flexibility index (Phi) is 7.25. The van der Waals surface area contributed by atoms with Crippen LogP contribution >= 0.6 is 12.4 Å². The van der Waals surface area contributed by atoms with Gasteiger partial charge < -0.3 is 5.73 Å². The van der Waals surface area contributed by atoms with Crippen molar-refractivity contribution < 1.29 is 12.8 Å². The van der Waals surface area contributed by atoms with E-state index < -0.39 is 15.8 Å². The Morgan fingerprint density at radius 2 is 1.95 bits per heavy atom. The summed E-state index contributed by atoms with van der Waals surface area (Å²) in [5.74, 6) is -0.242. The second kappa shape index (κ2) is 8.24. The van der Waals surface area contributed by atoms with E-state index in [1.54, 1.807) is 6.92 Å². The number of nitrogens with one attached hydrogen (secondary N) is 1. The van der Waals surface area contributed by atoms with Crippen LogP contribution in [-0.2, 0) is 10.0 Å². The summed E-state index contributed by atoms with van der Waals surface area (Å²) in [6.45, 7) is 1.86. The Hall–Kier alpha value is -0.690. The lowest BCUT2D eigenvalue weighted by Gasteiger charge is -2.29. The summed E-state index contributed by atoms with van der Waals surface area (Å²) in [6, 6.07) is 3.68. The summed E-state index contributed by atoms with van der Waals surface area (Å²) >= 11 is 0. The molecule has 1 saturated carbocycles. The van der Waals surface area contributed by atoms with E-state index >= 15 is 0 Å². The molecule has 1 aliphatic carbocycles. The Balaban J connectivity index is 0.00000242. The van der Waals surface area contributed by atoms with Gasteiger partial charge in [0.15, 0.2) is 0 Å². The lowest BCUT2D eigenvalue weighted by atomic mass is 9.84. The molecule has 7 heteroatoms. The van der Waals surface area contributed by atoms with Crippen molar-refractivity contribution in [2.75, 3.05) is 6.54 Å². The number of rotatable bonds is 5. The first-order valence-corrected chi connectivity index (χ1v) is 8.91. The van der Waals surface area contributed by atoms with Gasteiger partial charge in [0.25, 0.3) is 0 Å². The molecule has 1 aliphatic rings. The zero-order chi connectivity index (χ0) is 15.5. The molecule has 0 amide bonds. The quantitative estimate of drug-likeness (QED) is 0.857. The average Bonchev–Trinajstić information content (AvgIpc) is 2.48. The fourth-order valence-electron chi connectivity index (χ4n) is 2.88. The number of nitrogens with two attached hydrogens (primary N) is 1. The molecule has 0 heterocycles. The van der Waals surface area contributed by atoms with Gasteiger partial charge >= 0.3 is 0 Å². The third-order valence-electron chi connectivity index (χ3n) is 4.23. The standard InChI is InChI=1S/C15H23FN2O2S.ClH/c1-11-7-8-13(9-14(11)16)21(19,20)18-15(10-17)12-5-3-2-4-6-12;/h7-9,12,15,18H,2-6,10,17H2,1H3;1H. The highest BCUT2D eigenvalue weighted by Crippen LogP contribution is 2.27. The molecule has 22 heavy (non-hydrogen) atoms. The average molecular weight is 351 g/mol. The van der Waals surface area contributed by atoms with Crippen LogP contribution in [0.15, 0.2) is 23.1 Å². The molecule has 1 aromatic carbocycles. The van der Waals surface area contributed by atoms with Crippen molar-refractivity contribution in [3.05, 3.63) is 29.6 Å². The predicted molar refractivity (Wildman–Crippen MR) is 88.1 cm³/mol. The van der Waals surface area contributed by atoms with Gasteiger partial charge in [-0.2, -0.15) is 0 Å². The number of halogens is 2.